The maximum absolute atomic E-state index is 11.5. The molecule has 1 amide bonds. The molecule has 6 heteroatoms. The number of aromatic hydroxyl groups is 1. The van der Waals surface area contributed by atoms with E-state index in [2.05, 4.69) is 5.32 Å². The molecule has 5 nitrogen and oxygen atoms in total. The highest BCUT2D eigenvalue weighted by molar-refractivity contribution is 7.92. The number of phenolic OH excluding ortho intramolecular Hbond substituents is 1. The number of hydrogen-bond donors (Lipinski definition) is 2. The molecule has 0 saturated heterocycles. The van der Waals surface area contributed by atoms with Crippen LogP contribution in [0.15, 0.2) is 24.3 Å². The number of sulfone groups is 1. The van der Waals surface area contributed by atoms with Crippen LogP contribution in [-0.2, 0) is 14.6 Å². The summed E-state index contributed by atoms with van der Waals surface area (Å²) in [5.41, 5.74) is 0.443. The zero-order valence-corrected chi connectivity index (χ0v) is 9.78. The Kier molecular flexibility index (Phi) is 3.54. The first-order valence-corrected chi connectivity index (χ1v) is 6.55. The van der Waals surface area contributed by atoms with Gasteiger partial charge in [0.1, 0.15) is 11.0 Å². The third-order valence-electron chi connectivity index (χ3n) is 2.15. The van der Waals surface area contributed by atoms with Crippen LogP contribution in [0.1, 0.15) is 6.92 Å². The van der Waals surface area contributed by atoms with E-state index < -0.39 is 21.0 Å². The summed E-state index contributed by atoms with van der Waals surface area (Å²) in [6.07, 6.45) is 1.01. The summed E-state index contributed by atoms with van der Waals surface area (Å²) in [5, 5.41) is 10.4. The second-order valence-electron chi connectivity index (χ2n) is 3.51. The van der Waals surface area contributed by atoms with Crippen molar-refractivity contribution in [2.24, 2.45) is 0 Å². The zero-order chi connectivity index (χ0) is 12.3. The standard InChI is InChI=1S/C10H13NO4S/c1-7(16(2,14)15)10(13)11-8-3-5-9(12)6-4-8/h3-7,12H,1-2H3,(H,11,13). The highest BCUT2D eigenvalue weighted by Crippen LogP contribution is 2.14. The molecule has 0 aliphatic carbocycles. The Hall–Kier alpha value is -1.56. The molecule has 0 aliphatic heterocycles. The molecule has 16 heavy (non-hydrogen) atoms. The van der Waals surface area contributed by atoms with E-state index in [0.717, 1.165) is 6.26 Å². The Balaban J connectivity index is 2.76. The van der Waals surface area contributed by atoms with Crippen LogP contribution in [0.4, 0.5) is 5.69 Å². The van der Waals surface area contributed by atoms with Gasteiger partial charge in [-0.2, -0.15) is 0 Å². The molecular formula is C10H13NO4S. The van der Waals surface area contributed by atoms with Crippen molar-refractivity contribution in [2.75, 3.05) is 11.6 Å². The fraction of sp³-hybridized carbons (Fsp3) is 0.300. The summed E-state index contributed by atoms with van der Waals surface area (Å²) in [6.45, 7) is 1.32. The topological polar surface area (TPSA) is 83.5 Å². The number of anilines is 1. The second-order valence-corrected chi connectivity index (χ2v) is 5.87. The number of benzene rings is 1. The average molecular weight is 243 g/mol. The predicted molar refractivity (Wildman–Crippen MR) is 61.0 cm³/mol. The fourth-order valence-corrected chi connectivity index (χ4v) is 1.43. The molecule has 1 unspecified atom stereocenters. The van der Waals surface area contributed by atoms with Crippen molar-refractivity contribution >= 4 is 21.4 Å². The van der Waals surface area contributed by atoms with E-state index in [0.29, 0.717) is 5.69 Å². The molecular weight excluding hydrogens is 230 g/mol. The molecule has 0 aliphatic rings. The van der Waals surface area contributed by atoms with Crippen molar-refractivity contribution in [1.82, 2.24) is 0 Å². The Morgan fingerprint density at radius 1 is 1.31 bits per heavy atom. The Morgan fingerprint density at radius 2 is 1.81 bits per heavy atom. The van der Waals surface area contributed by atoms with Crippen molar-refractivity contribution in [3.8, 4) is 5.75 Å². The van der Waals surface area contributed by atoms with E-state index in [1.165, 1.54) is 31.2 Å². The van der Waals surface area contributed by atoms with Crippen LogP contribution in [0.25, 0.3) is 0 Å². The van der Waals surface area contributed by atoms with Crippen LogP contribution in [-0.4, -0.2) is 30.9 Å². The molecule has 0 fully saturated rings. The molecule has 1 aromatic rings. The first-order chi connectivity index (χ1) is 7.30. The summed E-state index contributed by atoms with van der Waals surface area (Å²) in [6, 6.07) is 5.78. The molecule has 0 heterocycles. The van der Waals surface area contributed by atoms with Crippen LogP contribution in [0, 0.1) is 0 Å². The van der Waals surface area contributed by atoms with E-state index in [1.54, 1.807) is 0 Å². The quantitative estimate of drug-likeness (QED) is 0.768. The largest absolute Gasteiger partial charge is 0.508 e. The minimum atomic E-state index is -3.39. The number of rotatable bonds is 3. The van der Waals surface area contributed by atoms with Crippen LogP contribution in [0.3, 0.4) is 0 Å². The summed E-state index contributed by atoms with van der Waals surface area (Å²) >= 11 is 0. The summed E-state index contributed by atoms with van der Waals surface area (Å²) in [4.78, 5) is 11.5. The fourth-order valence-electron chi connectivity index (χ4n) is 0.983. The number of phenols is 1. The van der Waals surface area contributed by atoms with Gasteiger partial charge in [0.25, 0.3) is 0 Å². The molecule has 0 saturated carbocycles. The van der Waals surface area contributed by atoms with Crippen molar-refractivity contribution in [1.29, 1.82) is 0 Å². The normalized spacial score (nSPS) is 13.1. The Labute approximate surface area is 94.0 Å². The van der Waals surface area contributed by atoms with Gasteiger partial charge in [0.05, 0.1) is 0 Å². The SMILES string of the molecule is CC(C(=O)Nc1ccc(O)cc1)S(C)(=O)=O. The minimum absolute atomic E-state index is 0.0779. The van der Waals surface area contributed by atoms with E-state index in [9.17, 15) is 13.2 Å². The number of amides is 1. The van der Waals surface area contributed by atoms with Crippen molar-refractivity contribution in [2.45, 2.75) is 12.2 Å². The minimum Gasteiger partial charge on any atom is -0.508 e. The highest BCUT2D eigenvalue weighted by atomic mass is 32.2. The maximum atomic E-state index is 11.5. The zero-order valence-electron chi connectivity index (χ0n) is 8.97. The summed E-state index contributed by atoms with van der Waals surface area (Å²) in [5.74, 6) is -0.512. The second kappa shape index (κ2) is 4.52. The van der Waals surface area contributed by atoms with Crippen LogP contribution < -0.4 is 5.32 Å². The van der Waals surface area contributed by atoms with Gasteiger partial charge in [0.15, 0.2) is 9.84 Å². The Morgan fingerprint density at radius 3 is 2.25 bits per heavy atom. The monoisotopic (exact) mass is 243 g/mol. The number of nitrogens with one attached hydrogen (secondary N) is 1. The molecule has 1 rings (SSSR count). The lowest BCUT2D eigenvalue weighted by Gasteiger charge is -2.10. The molecule has 0 bridgehead atoms. The predicted octanol–water partition coefficient (Wildman–Crippen LogP) is 0.764. The van der Waals surface area contributed by atoms with Gasteiger partial charge in [-0.3, -0.25) is 4.79 Å². The van der Waals surface area contributed by atoms with Gasteiger partial charge >= 0.3 is 0 Å². The smallest absolute Gasteiger partial charge is 0.242 e. The van der Waals surface area contributed by atoms with Crippen molar-refractivity contribution < 1.29 is 18.3 Å². The van der Waals surface area contributed by atoms with E-state index in [4.69, 9.17) is 5.11 Å². The highest BCUT2D eigenvalue weighted by Gasteiger charge is 2.23. The molecule has 1 aromatic carbocycles. The number of hydrogen-bond acceptors (Lipinski definition) is 4. The first kappa shape index (κ1) is 12.5. The van der Waals surface area contributed by atoms with Crippen LogP contribution >= 0.6 is 0 Å². The molecule has 2 N–H and O–H groups in total. The summed E-state index contributed by atoms with van der Waals surface area (Å²) < 4.78 is 22.2. The van der Waals surface area contributed by atoms with Crippen LogP contribution in [0.2, 0.25) is 0 Å². The van der Waals surface area contributed by atoms with Gasteiger partial charge < -0.3 is 10.4 Å². The van der Waals surface area contributed by atoms with Gasteiger partial charge in [-0.25, -0.2) is 8.42 Å². The number of carbonyl (C=O) groups excluding carboxylic acids is 1. The first-order valence-electron chi connectivity index (χ1n) is 4.59. The lowest BCUT2D eigenvalue weighted by Crippen LogP contribution is -2.31. The number of carbonyl (C=O) groups is 1. The molecule has 0 radical (unpaired) electrons. The van der Waals surface area contributed by atoms with Crippen molar-refractivity contribution in [3.63, 3.8) is 0 Å². The Bertz CT molecular complexity index is 478. The van der Waals surface area contributed by atoms with Gasteiger partial charge in [-0.05, 0) is 31.2 Å². The van der Waals surface area contributed by atoms with Crippen molar-refractivity contribution in [3.05, 3.63) is 24.3 Å². The van der Waals surface area contributed by atoms with E-state index in [-0.39, 0.29) is 5.75 Å². The third kappa shape index (κ3) is 3.23. The van der Waals surface area contributed by atoms with E-state index >= 15 is 0 Å². The molecule has 1 atom stereocenters. The molecule has 0 aromatic heterocycles. The maximum Gasteiger partial charge on any atom is 0.242 e. The molecule has 88 valence electrons. The third-order valence-corrected chi connectivity index (χ3v) is 3.64. The lowest BCUT2D eigenvalue weighted by atomic mass is 10.3. The van der Waals surface area contributed by atoms with Gasteiger partial charge in [-0.15, -0.1) is 0 Å². The van der Waals surface area contributed by atoms with Gasteiger partial charge in [0.2, 0.25) is 5.91 Å². The lowest BCUT2D eigenvalue weighted by molar-refractivity contribution is -0.115. The average Bonchev–Trinajstić information content (AvgIpc) is 2.19. The van der Waals surface area contributed by atoms with Crippen LogP contribution in [0.5, 0.6) is 5.75 Å². The summed E-state index contributed by atoms with van der Waals surface area (Å²) in [7, 11) is -3.39. The van der Waals surface area contributed by atoms with Gasteiger partial charge in [0, 0.05) is 11.9 Å². The van der Waals surface area contributed by atoms with Gasteiger partial charge in [-0.1, -0.05) is 0 Å². The van der Waals surface area contributed by atoms with E-state index in [1.807, 2.05) is 0 Å². The molecule has 0 spiro atoms.